The van der Waals surface area contributed by atoms with Gasteiger partial charge in [0.05, 0.1) is 6.42 Å². The van der Waals surface area contributed by atoms with Crippen LogP contribution >= 0.6 is 15.9 Å². The van der Waals surface area contributed by atoms with Gasteiger partial charge >= 0.3 is 0 Å². The van der Waals surface area contributed by atoms with Crippen LogP contribution in [0, 0.1) is 5.82 Å². The van der Waals surface area contributed by atoms with Crippen molar-refractivity contribution in [3.05, 3.63) is 69.9 Å². The van der Waals surface area contributed by atoms with E-state index in [9.17, 15) is 14.0 Å². The van der Waals surface area contributed by atoms with Crippen LogP contribution in [0.4, 0.5) is 4.39 Å². The van der Waals surface area contributed by atoms with Crippen molar-refractivity contribution < 1.29 is 14.0 Å². The lowest BCUT2D eigenvalue weighted by atomic mass is 10.0. The average Bonchev–Trinajstić information content (AvgIpc) is 2.64. The molecular formula is C20H20BrFN2O2. The fraction of sp³-hybridized carbons (Fsp3) is 0.300. The van der Waals surface area contributed by atoms with E-state index in [4.69, 9.17) is 0 Å². The van der Waals surface area contributed by atoms with E-state index in [1.165, 1.54) is 12.1 Å². The number of halogens is 2. The fourth-order valence-corrected chi connectivity index (χ4v) is 3.46. The Hall–Kier alpha value is -2.21. The van der Waals surface area contributed by atoms with E-state index in [1.54, 1.807) is 24.3 Å². The first kappa shape index (κ1) is 18.6. The smallest absolute Gasteiger partial charge is 0.251 e. The second kappa shape index (κ2) is 8.45. The first-order chi connectivity index (χ1) is 12.5. The van der Waals surface area contributed by atoms with Crippen LogP contribution < -0.4 is 5.32 Å². The maximum atomic E-state index is 12.9. The molecule has 136 valence electrons. The topological polar surface area (TPSA) is 49.4 Å². The molecule has 3 rings (SSSR count). The van der Waals surface area contributed by atoms with Gasteiger partial charge in [0.25, 0.3) is 5.91 Å². The van der Waals surface area contributed by atoms with Crippen LogP contribution in [0.5, 0.6) is 0 Å². The summed E-state index contributed by atoms with van der Waals surface area (Å²) in [7, 11) is 0. The number of carbonyl (C=O) groups excluding carboxylic acids is 2. The van der Waals surface area contributed by atoms with E-state index in [1.807, 2.05) is 17.0 Å². The minimum absolute atomic E-state index is 0.0355. The number of nitrogens with one attached hydrogen (secondary N) is 1. The third-order valence-corrected chi connectivity index (χ3v) is 5.03. The molecule has 2 aromatic carbocycles. The molecule has 0 saturated carbocycles. The quantitative estimate of drug-likeness (QED) is 0.824. The van der Waals surface area contributed by atoms with Crippen LogP contribution in [0.25, 0.3) is 0 Å². The van der Waals surface area contributed by atoms with E-state index < -0.39 is 0 Å². The van der Waals surface area contributed by atoms with Crippen molar-refractivity contribution in [1.82, 2.24) is 10.2 Å². The monoisotopic (exact) mass is 418 g/mol. The Morgan fingerprint density at radius 2 is 1.81 bits per heavy atom. The number of carbonyl (C=O) groups is 2. The lowest BCUT2D eigenvalue weighted by Gasteiger charge is -2.32. The number of hydrogen-bond acceptors (Lipinski definition) is 2. The molecule has 0 aliphatic carbocycles. The summed E-state index contributed by atoms with van der Waals surface area (Å²) in [5, 5.41) is 3.04. The summed E-state index contributed by atoms with van der Waals surface area (Å²) in [5.74, 6) is -0.362. The molecule has 1 fully saturated rings. The maximum Gasteiger partial charge on any atom is 0.251 e. The third kappa shape index (κ3) is 4.91. The summed E-state index contributed by atoms with van der Waals surface area (Å²) < 4.78 is 13.8. The zero-order chi connectivity index (χ0) is 18.5. The highest BCUT2D eigenvalue weighted by atomic mass is 79.9. The first-order valence-corrected chi connectivity index (χ1v) is 9.39. The average molecular weight is 419 g/mol. The summed E-state index contributed by atoms with van der Waals surface area (Å²) in [4.78, 5) is 26.5. The Bertz CT molecular complexity index is 787. The molecule has 1 saturated heterocycles. The summed E-state index contributed by atoms with van der Waals surface area (Å²) in [6.45, 7) is 1.23. The van der Waals surface area contributed by atoms with Crippen molar-refractivity contribution in [2.45, 2.75) is 25.3 Å². The van der Waals surface area contributed by atoms with Crippen molar-refractivity contribution in [3.8, 4) is 0 Å². The van der Waals surface area contributed by atoms with Crippen LogP contribution in [0.3, 0.4) is 0 Å². The second-order valence-electron chi connectivity index (χ2n) is 6.44. The van der Waals surface area contributed by atoms with Crippen molar-refractivity contribution in [2.24, 2.45) is 0 Å². The van der Waals surface area contributed by atoms with Gasteiger partial charge in [0, 0.05) is 29.2 Å². The SMILES string of the molecule is O=C(NC1CCN(C(=O)Cc2ccc(F)cc2)CC1)c1cccc(Br)c1. The predicted molar refractivity (Wildman–Crippen MR) is 101 cm³/mol. The molecule has 26 heavy (non-hydrogen) atoms. The van der Waals surface area contributed by atoms with Gasteiger partial charge in [0.1, 0.15) is 5.82 Å². The number of rotatable bonds is 4. The molecule has 6 heteroatoms. The van der Waals surface area contributed by atoms with E-state index in [2.05, 4.69) is 21.2 Å². The summed E-state index contributed by atoms with van der Waals surface area (Å²) >= 11 is 3.37. The zero-order valence-electron chi connectivity index (χ0n) is 14.3. The molecule has 1 aliphatic rings. The van der Waals surface area contributed by atoms with E-state index in [0.29, 0.717) is 18.7 Å². The molecule has 0 unspecified atom stereocenters. The largest absolute Gasteiger partial charge is 0.349 e. The Balaban J connectivity index is 1.48. The van der Waals surface area contributed by atoms with Gasteiger partial charge < -0.3 is 10.2 Å². The maximum absolute atomic E-state index is 12.9. The lowest BCUT2D eigenvalue weighted by Crippen LogP contribution is -2.47. The normalized spacial score (nSPS) is 14.9. The van der Waals surface area contributed by atoms with Crippen LogP contribution in [-0.2, 0) is 11.2 Å². The third-order valence-electron chi connectivity index (χ3n) is 4.54. The number of benzene rings is 2. The van der Waals surface area contributed by atoms with Crippen molar-refractivity contribution in [2.75, 3.05) is 13.1 Å². The summed E-state index contributed by atoms with van der Waals surface area (Å²) in [6.07, 6.45) is 1.74. The molecule has 1 aliphatic heterocycles. The molecule has 0 bridgehead atoms. The van der Waals surface area contributed by atoms with Gasteiger partial charge in [-0.05, 0) is 48.7 Å². The van der Waals surface area contributed by atoms with Gasteiger partial charge in [0.15, 0.2) is 0 Å². The Kier molecular flexibility index (Phi) is 6.04. The van der Waals surface area contributed by atoms with Gasteiger partial charge in [-0.15, -0.1) is 0 Å². The van der Waals surface area contributed by atoms with Crippen LogP contribution in [-0.4, -0.2) is 35.8 Å². The van der Waals surface area contributed by atoms with E-state index >= 15 is 0 Å². The number of amides is 2. The highest BCUT2D eigenvalue weighted by Crippen LogP contribution is 2.15. The highest BCUT2D eigenvalue weighted by Gasteiger charge is 2.24. The molecule has 1 N–H and O–H groups in total. The Morgan fingerprint density at radius 1 is 1.12 bits per heavy atom. The van der Waals surface area contributed by atoms with E-state index in [-0.39, 0.29) is 30.1 Å². The summed E-state index contributed by atoms with van der Waals surface area (Å²) in [5.41, 5.74) is 1.43. The Morgan fingerprint density at radius 3 is 2.46 bits per heavy atom. The van der Waals surface area contributed by atoms with Crippen LogP contribution in [0.1, 0.15) is 28.8 Å². The van der Waals surface area contributed by atoms with Crippen molar-refractivity contribution >= 4 is 27.7 Å². The van der Waals surface area contributed by atoms with Gasteiger partial charge in [-0.3, -0.25) is 9.59 Å². The predicted octanol–water partition coefficient (Wildman–Crippen LogP) is 3.55. The number of nitrogens with zero attached hydrogens (tertiary/aromatic N) is 1. The first-order valence-electron chi connectivity index (χ1n) is 8.60. The molecule has 0 aromatic heterocycles. The molecule has 0 atom stereocenters. The molecular weight excluding hydrogens is 399 g/mol. The van der Waals surface area contributed by atoms with Crippen LogP contribution in [0.2, 0.25) is 0 Å². The fourth-order valence-electron chi connectivity index (χ4n) is 3.06. The number of hydrogen-bond donors (Lipinski definition) is 1. The summed E-state index contributed by atoms with van der Waals surface area (Å²) in [6, 6.07) is 13.3. The number of likely N-dealkylation sites (tertiary alicyclic amines) is 1. The standard InChI is InChI=1S/C20H20BrFN2O2/c21-16-3-1-2-15(13-16)20(26)23-18-8-10-24(11-9-18)19(25)12-14-4-6-17(22)7-5-14/h1-7,13,18H,8-12H2,(H,23,26). The lowest BCUT2D eigenvalue weighted by molar-refractivity contribution is -0.131. The minimum atomic E-state index is -0.303. The Labute approximate surface area is 160 Å². The van der Waals surface area contributed by atoms with Gasteiger partial charge in [-0.25, -0.2) is 4.39 Å². The molecule has 2 amide bonds. The second-order valence-corrected chi connectivity index (χ2v) is 7.36. The molecule has 1 heterocycles. The molecule has 4 nitrogen and oxygen atoms in total. The molecule has 2 aromatic rings. The van der Waals surface area contributed by atoms with Gasteiger partial charge in [-0.1, -0.05) is 34.1 Å². The van der Waals surface area contributed by atoms with Crippen molar-refractivity contribution in [1.29, 1.82) is 0 Å². The minimum Gasteiger partial charge on any atom is -0.349 e. The van der Waals surface area contributed by atoms with Crippen molar-refractivity contribution in [3.63, 3.8) is 0 Å². The van der Waals surface area contributed by atoms with Crippen LogP contribution in [0.15, 0.2) is 53.0 Å². The molecule has 0 spiro atoms. The molecule has 0 radical (unpaired) electrons. The highest BCUT2D eigenvalue weighted by molar-refractivity contribution is 9.10. The van der Waals surface area contributed by atoms with Gasteiger partial charge in [-0.2, -0.15) is 0 Å². The van der Waals surface area contributed by atoms with E-state index in [0.717, 1.165) is 22.9 Å². The van der Waals surface area contributed by atoms with Gasteiger partial charge in [0.2, 0.25) is 5.91 Å². The number of piperidine rings is 1. The zero-order valence-corrected chi connectivity index (χ0v) is 15.8.